The van der Waals surface area contributed by atoms with Gasteiger partial charge in [0.05, 0.1) is 5.54 Å². The fraction of sp³-hybridized carbons (Fsp3) is 0.923. The molecule has 17 heavy (non-hydrogen) atoms. The first-order chi connectivity index (χ1) is 7.67. The van der Waals surface area contributed by atoms with Crippen molar-refractivity contribution in [2.45, 2.75) is 45.2 Å². The lowest BCUT2D eigenvalue weighted by Gasteiger charge is -2.40. The van der Waals surface area contributed by atoms with E-state index in [9.17, 15) is 4.79 Å². The third kappa shape index (κ3) is 3.42. The number of nitrogens with one attached hydrogen (secondary N) is 1. The molecule has 0 saturated carbocycles. The number of nitrogens with zero attached hydrogens (tertiary/aromatic N) is 2. The lowest BCUT2D eigenvalue weighted by molar-refractivity contribution is -0.141. The van der Waals surface area contributed by atoms with Crippen molar-refractivity contribution in [1.29, 1.82) is 0 Å². The molecule has 0 bridgehead atoms. The van der Waals surface area contributed by atoms with Crippen LogP contribution in [0.15, 0.2) is 0 Å². The number of hydrogen-bond acceptors (Lipinski definition) is 3. The van der Waals surface area contributed by atoms with Crippen molar-refractivity contribution in [2.75, 3.05) is 33.7 Å². The average molecular weight is 241 g/mol. The molecular weight excluding hydrogens is 214 g/mol. The summed E-state index contributed by atoms with van der Waals surface area (Å²) >= 11 is 0. The van der Waals surface area contributed by atoms with Crippen LogP contribution < -0.4 is 5.32 Å². The fourth-order valence-electron chi connectivity index (χ4n) is 2.21. The molecule has 4 heteroatoms. The predicted molar refractivity (Wildman–Crippen MR) is 71.0 cm³/mol. The van der Waals surface area contributed by atoms with Crippen molar-refractivity contribution in [3.8, 4) is 0 Å². The van der Waals surface area contributed by atoms with E-state index in [0.717, 1.165) is 26.1 Å². The molecular formula is C13H27N3O. The molecule has 4 nitrogen and oxygen atoms in total. The summed E-state index contributed by atoms with van der Waals surface area (Å²) in [6, 6.07) is 0. The highest BCUT2D eigenvalue weighted by molar-refractivity contribution is 5.86. The van der Waals surface area contributed by atoms with E-state index in [2.05, 4.69) is 24.1 Å². The van der Waals surface area contributed by atoms with Crippen LogP contribution in [0.2, 0.25) is 0 Å². The topological polar surface area (TPSA) is 35.6 Å². The predicted octanol–water partition coefficient (Wildman–Crippen LogP) is 0.927. The van der Waals surface area contributed by atoms with E-state index < -0.39 is 5.54 Å². The Morgan fingerprint density at radius 2 is 1.88 bits per heavy atom. The van der Waals surface area contributed by atoms with Crippen LogP contribution in [0, 0.1) is 0 Å². The van der Waals surface area contributed by atoms with Crippen LogP contribution in [-0.2, 0) is 4.79 Å². The Morgan fingerprint density at radius 3 is 2.41 bits per heavy atom. The van der Waals surface area contributed by atoms with Gasteiger partial charge < -0.3 is 15.1 Å². The van der Waals surface area contributed by atoms with E-state index in [1.54, 1.807) is 0 Å². The van der Waals surface area contributed by atoms with Gasteiger partial charge >= 0.3 is 0 Å². The highest BCUT2D eigenvalue weighted by Gasteiger charge is 2.41. The minimum Gasteiger partial charge on any atom is -0.335 e. The van der Waals surface area contributed by atoms with Gasteiger partial charge in [0.2, 0.25) is 5.91 Å². The zero-order valence-corrected chi connectivity index (χ0v) is 12.1. The van der Waals surface area contributed by atoms with Crippen molar-refractivity contribution in [3.05, 3.63) is 0 Å². The van der Waals surface area contributed by atoms with Crippen LogP contribution in [0.5, 0.6) is 0 Å². The summed E-state index contributed by atoms with van der Waals surface area (Å²) in [6.07, 6.45) is 0.996. The van der Waals surface area contributed by atoms with E-state index in [4.69, 9.17) is 0 Å². The van der Waals surface area contributed by atoms with Crippen molar-refractivity contribution >= 4 is 5.91 Å². The number of amides is 1. The molecule has 100 valence electrons. The molecule has 1 amide bonds. The average Bonchev–Trinajstić information content (AvgIpc) is 2.21. The summed E-state index contributed by atoms with van der Waals surface area (Å²) in [5, 5.41) is 3.34. The van der Waals surface area contributed by atoms with E-state index in [0.29, 0.717) is 0 Å². The summed E-state index contributed by atoms with van der Waals surface area (Å²) in [5.41, 5.74) is -0.506. The lowest BCUT2D eigenvalue weighted by atomic mass is 9.97. The largest absolute Gasteiger partial charge is 0.335 e. The van der Waals surface area contributed by atoms with Gasteiger partial charge in [-0.3, -0.25) is 4.79 Å². The van der Waals surface area contributed by atoms with Crippen LogP contribution >= 0.6 is 0 Å². The minimum absolute atomic E-state index is 0.0616. The smallest absolute Gasteiger partial charge is 0.242 e. The molecule has 0 radical (unpaired) electrons. The van der Waals surface area contributed by atoms with Gasteiger partial charge in [0.1, 0.15) is 0 Å². The second-order valence-electron chi connectivity index (χ2n) is 6.37. The lowest BCUT2D eigenvalue weighted by Crippen LogP contribution is -2.57. The van der Waals surface area contributed by atoms with Crippen molar-refractivity contribution in [3.63, 3.8) is 0 Å². The molecule has 1 fully saturated rings. The Labute approximate surface area is 105 Å². The molecule has 1 heterocycles. The molecule has 1 saturated heterocycles. The molecule has 0 spiro atoms. The molecule has 0 aromatic rings. The molecule has 1 rings (SSSR count). The van der Waals surface area contributed by atoms with Crippen LogP contribution in [-0.4, -0.2) is 60.5 Å². The van der Waals surface area contributed by atoms with Crippen molar-refractivity contribution in [2.24, 2.45) is 0 Å². The van der Waals surface area contributed by atoms with Crippen molar-refractivity contribution < 1.29 is 4.79 Å². The van der Waals surface area contributed by atoms with Crippen LogP contribution in [0.1, 0.15) is 34.1 Å². The van der Waals surface area contributed by atoms with Gasteiger partial charge in [-0.2, -0.15) is 0 Å². The van der Waals surface area contributed by atoms with E-state index in [1.165, 1.54) is 0 Å². The number of carbonyl (C=O) groups excluding carboxylic acids is 1. The summed E-state index contributed by atoms with van der Waals surface area (Å²) in [5.74, 6) is 0.210. The monoisotopic (exact) mass is 241 g/mol. The summed E-state index contributed by atoms with van der Waals surface area (Å²) in [7, 11) is 4.08. The Morgan fingerprint density at radius 1 is 1.29 bits per heavy atom. The van der Waals surface area contributed by atoms with Gasteiger partial charge in [-0.25, -0.2) is 0 Å². The maximum absolute atomic E-state index is 12.5. The Hall–Kier alpha value is -0.610. The molecule has 1 N–H and O–H groups in total. The fourth-order valence-corrected chi connectivity index (χ4v) is 2.21. The zero-order valence-electron chi connectivity index (χ0n) is 12.1. The summed E-state index contributed by atoms with van der Waals surface area (Å²) < 4.78 is 0. The summed E-state index contributed by atoms with van der Waals surface area (Å²) in [6.45, 7) is 10.9. The number of likely N-dealkylation sites (N-methyl/N-ethyl adjacent to an activating group) is 1. The maximum Gasteiger partial charge on any atom is 0.242 e. The molecule has 0 unspecified atom stereocenters. The number of rotatable bonds is 3. The van der Waals surface area contributed by atoms with E-state index in [1.807, 2.05) is 32.8 Å². The van der Waals surface area contributed by atoms with E-state index in [-0.39, 0.29) is 11.4 Å². The van der Waals surface area contributed by atoms with E-state index >= 15 is 0 Å². The van der Waals surface area contributed by atoms with Crippen LogP contribution in [0.25, 0.3) is 0 Å². The third-order valence-corrected chi connectivity index (χ3v) is 3.59. The first-order valence-corrected chi connectivity index (χ1v) is 6.39. The third-order valence-electron chi connectivity index (χ3n) is 3.59. The van der Waals surface area contributed by atoms with Gasteiger partial charge in [0, 0.05) is 18.6 Å². The number of hydrogen-bond donors (Lipinski definition) is 1. The second-order valence-corrected chi connectivity index (χ2v) is 6.37. The van der Waals surface area contributed by atoms with Gasteiger partial charge in [-0.1, -0.05) is 0 Å². The standard InChI is InChI=1S/C13H27N3O/c1-12(2)7-8-14-13(3,4)11(17)16(12)10-9-15(5)6/h14H,7-10H2,1-6H3. The van der Waals surface area contributed by atoms with Crippen LogP contribution in [0.4, 0.5) is 0 Å². The first kappa shape index (κ1) is 14.5. The Kier molecular flexibility index (Phi) is 4.20. The molecule has 0 aromatic heterocycles. The highest BCUT2D eigenvalue weighted by Crippen LogP contribution is 2.25. The second kappa shape index (κ2) is 4.94. The first-order valence-electron chi connectivity index (χ1n) is 6.39. The normalized spacial score (nSPS) is 23.9. The van der Waals surface area contributed by atoms with Gasteiger partial charge in [-0.15, -0.1) is 0 Å². The van der Waals surface area contributed by atoms with Gasteiger partial charge in [-0.05, 0) is 54.8 Å². The molecule has 1 aliphatic heterocycles. The highest BCUT2D eigenvalue weighted by atomic mass is 16.2. The minimum atomic E-state index is -0.444. The summed E-state index contributed by atoms with van der Waals surface area (Å²) in [4.78, 5) is 16.7. The Balaban J connectivity index is 2.87. The van der Waals surface area contributed by atoms with Crippen LogP contribution in [0.3, 0.4) is 0 Å². The molecule has 0 aliphatic carbocycles. The number of carbonyl (C=O) groups is 1. The van der Waals surface area contributed by atoms with Crippen molar-refractivity contribution in [1.82, 2.24) is 15.1 Å². The Bertz CT molecular complexity index is 284. The van der Waals surface area contributed by atoms with Gasteiger partial charge in [0.15, 0.2) is 0 Å². The molecule has 1 aliphatic rings. The quantitative estimate of drug-likeness (QED) is 0.798. The van der Waals surface area contributed by atoms with Gasteiger partial charge in [0.25, 0.3) is 0 Å². The molecule has 0 aromatic carbocycles. The zero-order chi connectivity index (χ0) is 13.3. The SMILES string of the molecule is CN(C)CCN1C(=O)C(C)(C)NCCC1(C)C. The maximum atomic E-state index is 12.5. The molecule has 0 atom stereocenters.